The number of aromatic nitrogens is 1. The molecule has 0 radical (unpaired) electrons. The summed E-state index contributed by atoms with van der Waals surface area (Å²) in [6.07, 6.45) is 1.74. The molecule has 1 saturated carbocycles. The predicted octanol–water partition coefficient (Wildman–Crippen LogP) is 0.876. The van der Waals surface area contributed by atoms with E-state index in [4.69, 9.17) is 4.74 Å². The molecule has 0 bridgehead atoms. The van der Waals surface area contributed by atoms with Gasteiger partial charge in [0.05, 0.1) is 18.4 Å². The summed E-state index contributed by atoms with van der Waals surface area (Å²) >= 11 is 1.47. The molecule has 3 aliphatic rings. The Morgan fingerprint density at radius 2 is 2.30 bits per heavy atom. The molecule has 2 aliphatic heterocycles. The zero-order valence-corrected chi connectivity index (χ0v) is 14.0. The maximum absolute atomic E-state index is 12.2. The first kappa shape index (κ1) is 15.0. The van der Waals surface area contributed by atoms with Crippen LogP contribution >= 0.6 is 11.3 Å². The van der Waals surface area contributed by atoms with Crippen LogP contribution < -0.4 is 10.2 Å². The van der Waals surface area contributed by atoms with Crippen LogP contribution in [0.3, 0.4) is 0 Å². The van der Waals surface area contributed by atoms with Gasteiger partial charge in [0.25, 0.3) is 0 Å². The Kier molecular flexibility index (Phi) is 3.62. The average Bonchev–Trinajstić information content (AvgIpc) is 3.09. The number of thiazole rings is 1. The standard InChI is InChI=1S/C15H20N4O3S/c1-8-12-14(21)17-13(18(12)5-6-22-8)11-7-23-15(16-11)19(9(2)20)10-3-4-10/h7-8,10,12-13H,3-6H2,1-2H3,(H,17,21)/t8-,12+,13?/m1/s1. The minimum absolute atomic E-state index is 0.0117. The molecule has 8 heteroatoms. The molecule has 1 aromatic heterocycles. The summed E-state index contributed by atoms with van der Waals surface area (Å²) in [5.74, 6) is 0.0177. The number of ether oxygens (including phenoxy) is 1. The highest BCUT2D eigenvalue weighted by molar-refractivity contribution is 7.14. The number of nitrogens with zero attached hydrogens (tertiary/aromatic N) is 3. The van der Waals surface area contributed by atoms with E-state index in [9.17, 15) is 9.59 Å². The van der Waals surface area contributed by atoms with Crippen molar-refractivity contribution in [3.8, 4) is 0 Å². The van der Waals surface area contributed by atoms with Crippen LogP contribution in [0, 0.1) is 0 Å². The Labute approximate surface area is 138 Å². The number of carbonyl (C=O) groups excluding carboxylic acids is 2. The van der Waals surface area contributed by atoms with Gasteiger partial charge in [0, 0.05) is 24.9 Å². The van der Waals surface area contributed by atoms with Crippen LogP contribution in [0.25, 0.3) is 0 Å². The average molecular weight is 336 g/mol. The molecular weight excluding hydrogens is 316 g/mol. The highest BCUT2D eigenvalue weighted by Crippen LogP contribution is 2.37. The summed E-state index contributed by atoms with van der Waals surface area (Å²) in [6, 6.07) is 0.0343. The van der Waals surface area contributed by atoms with Crippen molar-refractivity contribution < 1.29 is 14.3 Å². The van der Waals surface area contributed by atoms with Crippen LogP contribution in [0.2, 0.25) is 0 Å². The number of rotatable bonds is 3. The number of morpholine rings is 1. The van der Waals surface area contributed by atoms with Crippen LogP contribution in [0.1, 0.15) is 38.5 Å². The summed E-state index contributed by atoms with van der Waals surface area (Å²) in [6.45, 7) is 4.82. The number of anilines is 1. The van der Waals surface area contributed by atoms with Gasteiger partial charge in [0.2, 0.25) is 11.8 Å². The highest BCUT2D eigenvalue weighted by Gasteiger charge is 2.47. The van der Waals surface area contributed by atoms with Crippen molar-refractivity contribution in [2.24, 2.45) is 0 Å². The van der Waals surface area contributed by atoms with Crippen molar-refractivity contribution in [3.05, 3.63) is 11.1 Å². The van der Waals surface area contributed by atoms with E-state index >= 15 is 0 Å². The van der Waals surface area contributed by atoms with Gasteiger partial charge in [-0.3, -0.25) is 19.4 Å². The second-order valence-corrected chi connectivity index (χ2v) is 7.18. The van der Waals surface area contributed by atoms with Crippen molar-refractivity contribution in [2.75, 3.05) is 18.1 Å². The molecule has 2 amide bonds. The largest absolute Gasteiger partial charge is 0.375 e. The minimum atomic E-state index is -0.258. The lowest BCUT2D eigenvalue weighted by atomic mass is 10.1. The van der Waals surface area contributed by atoms with Crippen LogP contribution in [-0.2, 0) is 14.3 Å². The normalized spacial score (nSPS) is 30.9. The van der Waals surface area contributed by atoms with E-state index < -0.39 is 0 Å². The first-order chi connectivity index (χ1) is 11.1. The summed E-state index contributed by atoms with van der Waals surface area (Å²) in [4.78, 5) is 32.7. The van der Waals surface area contributed by atoms with Gasteiger partial charge in [0.1, 0.15) is 12.2 Å². The molecule has 1 N–H and O–H groups in total. The minimum Gasteiger partial charge on any atom is -0.375 e. The maximum Gasteiger partial charge on any atom is 0.241 e. The second-order valence-electron chi connectivity index (χ2n) is 6.34. The van der Waals surface area contributed by atoms with Crippen LogP contribution in [0.5, 0.6) is 0 Å². The molecule has 23 heavy (non-hydrogen) atoms. The maximum atomic E-state index is 12.2. The molecule has 124 valence electrons. The van der Waals surface area contributed by atoms with E-state index in [-0.39, 0.29) is 30.1 Å². The molecular formula is C15H20N4O3S. The fourth-order valence-electron chi connectivity index (χ4n) is 3.44. The molecule has 1 aliphatic carbocycles. The first-order valence-corrected chi connectivity index (χ1v) is 8.87. The highest BCUT2D eigenvalue weighted by atomic mass is 32.1. The Morgan fingerprint density at radius 3 is 3.00 bits per heavy atom. The molecule has 0 spiro atoms. The van der Waals surface area contributed by atoms with Crippen LogP contribution in [0.4, 0.5) is 5.13 Å². The summed E-state index contributed by atoms with van der Waals surface area (Å²) in [5, 5.41) is 5.69. The summed E-state index contributed by atoms with van der Waals surface area (Å²) < 4.78 is 5.59. The number of fused-ring (bicyclic) bond motifs is 1. The third-order valence-electron chi connectivity index (χ3n) is 4.66. The van der Waals surface area contributed by atoms with Gasteiger partial charge >= 0.3 is 0 Å². The smallest absolute Gasteiger partial charge is 0.241 e. The molecule has 0 aromatic carbocycles. The van der Waals surface area contributed by atoms with E-state index in [0.29, 0.717) is 19.2 Å². The Bertz CT molecular complexity index is 644. The van der Waals surface area contributed by atoms with E-state index in [2.05, 4.69) is 15.2 Å². The van der Waals surface area contributed by atoms with E-state index in [0.717, 1.165) is 23.7 Å². The van der Waals surface area contributed by atoms with Crippen LogP contribution in [-0.4, -0.2) is 53.0 Å². The number of amides is 2. The van der Waals surface area contributed by atoms with Gasteiger partial charge in [-0.05, 0) is 19.8 Å². The summed E-state index contributed by atoms with van der Waals surface area (Å²) in [7, 11) is 0. The topological polar surface area (TPSA) is 74.8 Å². The zero-order valence-electron chi connectivity index (χ0n) is 13.2. The zero-order chi connectivity index (χ0) is 16.1. The SMILES string of the molecule is CC(=O)N(c1nc(C2NC(=O)[C@@H]3[C@@H](C)OCCN23)cs1)C1CC1. The molecule has 3 heterocycles. The number of carbonyl (C=O) groups is 2. The number of hydrogen-bond donors (Lipinski definition) is 1. The van der Waals surface area contributed by atoms with E-state index in [1.807, 2.05) is 12.3 Å². The third kappa shape index (κ3) is 2.54. The lowest BCUT2D eigenvalue weighted by Gasteiger charge is -2.34. The van der Waals surface area contributed by atoms with Gasteiger partial charge in [-0.1, -0.05) is 0 Å². The van der Waals surface area contributed by atoms with Crippen molar-refractivity contribution in [1.82, 2.24) is 15.2 Å². The van der Waals surface area contributed by atoms with Gasteiger partial charge in [-0.15, -0.1) is 11.3 Å². The molecule has 2 saturated heterocycles. The molecule has 3 atom stereocenters. The first-order valence-electron chi connectivity index (χ1n) is 7.99. The second kappa shape index (κ2) is 5.54. The molecule has 7 nitrogen and oxygen atoms in total. The molecule has 3 fully saturated rings. The van der Waals surface area contributed by atoms with Crippen molar-refractivity contribution in [1.29, 1.82) is 0 Å². The fraction of sp³-hybridized carbons (Fsp3) is 0.667. The van der Waals surface area contributed by atoms with Gasteiger partial charge < -0.3 is 10.1 Å². The quantitative estimate of drug-likeness (QED) is 0.887. The Hall–Kier alpha value is -1.51. The molecule has 1 unspecified atom stereocenters. The van der Waals surface area contributed by atoms with Crippen molar-refractivity contribution in [3.63, 3.8) is 0 Å². The Morgan fingerprint density at radius 1 is 1.52 bits per heavy atom. The monoisotopic (exact) mass is 336 g/mol. The van der Waals surface area contributed by atoms with Crippen molar-refractivity contribution in [2.45, 2.75) is 51.0 Å². The third-order valence-corrected chi connectivity index (χ3v) is 5.52. The lowest BCUT2D eigenvalue weighted by Crippen LogP contribution is -2.49. The van der Waals surface area contributed by atoms with Crippen molar-refractivity contribution >= 4 is 28.3 Å². The molecule has 1 aromatic rings. The van der Waals surface area contributed by atoms with Crippen LogP contribution in [0.15, 0.2) is 5.38 Å². The lowest BCUT2D eigenvalue weighted by molar-refractivity contribution is -0.129. The predicted molar refractivity (Wildman–Crippen MR) is 85.1 cm³/mol. The molecule has 4 rings (SSSR count). The number of hydrogen-bond acceptors (Lipinski definition) is 6. The van der Waals surface area contributed by atoms with E-state index in [1.54, 1.807) is 11.8 Å². The Balaban J connectivity index is 1.59. The van der Waals surface area contributed by atoms with Gasteiger partial charge in [-0.2, -0.15) is 0 Å². The fourth-order valence-corrected chi connectivity index (χ4v) is 4.39. The summed E-state index contributed by atoms with van der Waals surface area (Å²) in [5.41, 5.74) is 0.807. The van der Waals surface area contributed by atoms with Gasteiger partial charge in [-0.25, -0.2) is 4.98 Å². The van der Waals surface area contributed by atoms with E-state index in [1.165, 1.54) is 11.3 Å². The number of nitrogens with one attached hydrogen (secondary N) is 1. The van der Waals surface area contributed by atoms with Gasteiger partial charge in [0.15, 0.2) is 5.13 Å².